The van der Waals surface area contributed by atoms with Gasteiger partial charge >= 0.3 is 12.1 Å². The van der Waals surface area contributed by atoms with Crippen molar-refractivity contribution in [3.63, 3.8) is 0 Å². The Balaban J connectivity index is 2.62. The van der Waals surface area contributed by atoms with E-state index in [1.165, 1.54) is 12.0 Å². The zero-order valence-corrected chi connectivity index (χ0v) is 11.9. The number of amides is 1. The van der Waals surface area contributed by atoms with Gasteiger partial charge < -0.3 is 14.4 Å². The fourth-order valence-electron chi connectivity index (χ4n) is 2.04. The van der Waals surface area contributed by atoms with Gasteiger partial charge in [0.2, 0.25) is 0 Å². The molecule has 0 N–H and O–H groups in total. The Bertz CT molecular complexity index is 400. The summed E-state index contributed by atoms with van der Waals surface area (Å²) in [6.45, 7) is 5.85. The molecule has 0 aromatic heterocycles. The second-order valence-electron chi connectivity index (χ2n) is 5.77. The summed E-state index contributed by atoms with van der Waals surface area (Å²) < 4.78 is 9.98. The highest BCUT2D eigenvalue weighted by Crippen LogP contribution is 2.37. The standard InChI is InChI=1S/C13H20N2O4/c1-12(2,3)19-11(17)15-8-13(9-15,6-5-7-14)10(16)18-4/h5-6,8-9H2,1-4H3. The van der Waals surface area contributed by atoms with Gasteiger partial charge in [0.25, 0.3) is 0 Å². The van der Waals surface area contributed by atoms with Crippen LogP contribution < -0.4 is 0 Å². The number of esters is 1. The SMILES string of the molecule is COC(=O)C1(CCC#N)CN(C(=O)OC(C)(C)C)C1. The average Bonchev–Trinajstić information content (AvgIpc) is 2.24. The van der Waals surface area contributed by atoms with Gasteiger partial charge in [0.15, 0.2) is 0 Å². The maximum atomic E-state index is 11.8. The van der Waals surface area contributed by atoms with Gasteiger partial charge in [-0.15, -0.1) is 0 Å². The van der Waals surface area contributed by atoms with E-state index in [2.05, 4.69) is 0 Å². The van der Waals surface area contributed by atoms with Crippen molar-refractivity contribution in [1.29, 1.82) is 5.26 Å². The van der Waals surface area contributed by atoms with Crippen LogP contribution in [0.3, 0.4) is 0 Å². The molecular weight excluding hydrogens is 248 g/mol. The minimum absolute atomic E-state index is 0.246. The van der Waals surface area contributed by atoms with Gasteiger partial charge in [-0.05, 0) is 27.2 Å². The van der Waals surface area contributed by atoms with Crippen molar-refractivity contribution in [1.82, 2.24) is 4.90 Å². The number of nitriles is 1. The highest BCUT2D eigenvalue weighted by Gasteiger charge is 2.52. The monoisotopic (exact) mass is 268 g/mol. The molecule has 1 aliphatic rings. The molecule has 6 heteroatoms. The molecule has 0 atom stereocenters. The maximum absolute atomic E-state index is 11.8. The quantitative estimate of drug-likeness (QED) is 0.728. The highest BCUT2D eigenvalue weighted by atomic mass is 16.6. The van der Waals surface area contributed by atoms with Crippen molar-refractivity contribution >= 4 is 12.1 Å². The van der Waals surface area contributed by atoms with E-state index in [1.807, 2.05) is 6.07 Å². The number of carbonyl (C=O) groups excluding carboxylic acids is 2. The second kappa shape index (κ2) is 5.47. The number of carbonyl (C=O) groups is 2. The zero-order valence-electron chi connectivity index (χ0n) is 11.9. The smallest absolute Gasteiger partial charge is 0.410 e. The van der Waals surface area contributed by atoms with Gasteiger partial charge in [0, 0.05) is 19.5 Å². The predicted molar refractivity (Wildman–Crippen MR) is 67.1 cm³/mol. The first-order chi connectivity index (χ1) is 8.74. The van der Waals surface area contributed by atoms with Crippen LogP contribution in [0.1, 0.15) is 33.6 Å². The normalized spacial score (nSPS) is 17.1. The summed E-state index contributed by atoms with van der Waals surface area (Å²) in [6.07, 6.45) is 0.219. The van der Waals surface area contributed by atoms with E-state index >= 15 is 0 Å². The predicted octanol–water partition coefficient (Wildman–Crippen LogP) is 1.70. The minimum Gasteiger partial charge on any atom is -0.468 e. The van der Waals surface area contributed by atoms with E-state index in [4.69, 9.17) is 14.7 Å². The molecule has 106 valence electrons. The van der Waals surface area contributed by atoms with E-state index in [9.17, 15) is 9.59 Å². The molecular formula is C13H20N2O4. The third-order valence-electron chi connectivity index (χ3n) is 2.97. The van der Waals surface area contributed by atoms with Crippen LogP contribution in [0.2, 0.25) is 0 Å². The van der Waals surface area contributed by atoms with Crippen LogP contribution in [-0.4, -0.2) is 42.8 Å². The van der Waals surface area contributed by atoms with Gasteiger partial charge in [-0.25, -0.2) is 4.79 Å². The lowest BCUT2D eigenvalue weighted by Crippen LogP contribution is -2.63. The number of nitrogens with zero attached hydrogens (tertiary/aromatic N) is 2. The number of rotatable bonds is 3. The molecule has 0 spiro atoms. The Morgan fingerprint density at radius 2 is 1.95 bits per heavy atom. The summed E-state index contributed by atoms with van der Waals surface area (Å²) in [6, 6.07) is 2.01. The van der Waals surface area contributed by atoms with Crippen LogP contribution in [0.4, 0.5) is 4.79 Å². The largest absolute Gasteiger partial charge is 0.468 e. The molecule has 0 aromatic rings. The number of likely N-dealkylation sites (tertiary alicyclic amines) is 1. The number of hydrogen-bond acceptors (Lipinski definition) is 5. The second-order valence-corrected chi connectivity index (χ2v) is 5.77. The minimum atomic E-state index is -0.749. The first-order valence-electron chi connectivity index (χ1n) is 6.17. The van der Waals surface area contributed by atoms with Crippen LogP contribution in [0, 0.1) is 16.7 Å². The molecule has 19 heavy (non-hydrogen) atoms. The summed E-state index contributed by atoms with van der Waals surface area (Å²) in [5.41, 5.74) is -1.31. The Labute approximate surface area is 113 Å². The van der Waals surface area contributed by atoms with Crippen LogP contribution >= 0.6 is 0 Å². The molecule has 0 bridgehead atoms. The molecule has 1 amide bonds. The van der Waals surface area contributed by atoms with E-state index < -0.39 is 17.1 Å². The molecule has 0 unspecified atom stereocenters. The number of ether oxygens (including phenoxy) is 2. The molecule has 0 aromatic carbocycles. The Morgan fingerprint density at radius 3 is 2.37 bits per heavy atom. The lowest BCUT2D eigenvalue weighted by atomic mass is 9.76. The summed E-state index contributed by atoms with van der Waals surface area (Å²) in [4.78, 5) is 25.0. The lowest BCUT2D eigenvalue weighted by Gasteiger charge is -2.47. The van der Waals surface area contributed by atoms with Crippen molar-refractivity contribution in [2.24, 2.45) is 5.41 Å². The van der Waals surface area contributed by atoms with Crippen molar-refractivity contribution in [3.05, 3.63) is 0 Å². The summed E-state index contributed by atoms with van der Waals surface area (Å²) in [5.74, 6) is -0.373. The highest BCUT2D eigenvalue weighted by molar-refractivity contribution is 5.82. The van der Waals surface area contributed by atoms with Crippen molar-refractivity contribution < 1.29 is 19.1 Å². The van der Waals surface area contributed by atoms with E-state index in [0.717, 1.165) is 0 Å². The topological polar surface area (TPSA) is 79.6 Å². The van der Waals surface area contributed by atoms with Gasteiger partial charge in [0.05, 0.1) is 13.2 Å². The van der Waals surface area contributed by atoms with Gasteiger partial charge in [0.1, 0.15) is 11.0 Å². The molecule has 6 nitrogen and oxygen atoms in total. The van der Waals surface area contributed by atoms with E-state index in [0.29, 0.717) is 6.42 Å². The molecule has 1 heterocycles. The molecule has 0 saturated carbocycles. The molecule has 1 aliphatic heterocycles. The molecule has 0 radical (unpaired) electrons. The molecule has 1 rings (SSSR count). The maximum Gasteiger partial charge on any atom is 0.410 e. The average molecular weight is 268 g/mol. The zero-order chi connectivity index (χ0) is 14.7. The summed E-state index contributed by atoms with van der Waals surface area (Å²) >= 11 is 0. The van der Waals surface area contributed by atoms with Crippen LogP contribution in [0.15, 0.2) is 0 Å². The van der Waals surface area contributed by atoms with Gasteiger partial charge in [-0.3, -0.25) is 4.79 Å². The van der Waals surface area contributed by atoms with E-state index in [-0.39, 0.29) is 25.5 Å². The number of hydrogen-bond donors (Lipinski definition) is 0. The van der Waals surface area contributed by atoms with Gasteiger partial charge in [-0.1, -0.05) is 0 Å². The third kappa shape index (κ3) is 3.60. The number of methoxy groups -OCH3 is 1. The fourth-order valence-corrected chi connectivity index (χ4v) is 2.04. The van der Waals surface area contributed by atoms with Crippen molar-refractivity contribution in [2.45, 2.75) is 39.2 Å². The summed E-state index contributed by atoms with van der Waals surface area (Å²) in [5, 5.41) is 8.62. The first kappa shape index (κ1) is 15.3. The molecule has 0 aliphatic carbocycles. The molecule has 1 saturated heterocycles. The van der Waals surface area contributed by atoms with Crippen molar-refractivity contribution in [3.8, 4) is 6.07 Å². The third-order valence-corrected chi connectivity index (χ3v) is 2.97. The van der Waals surface area contributed by atoms with Gasteiger partial charge in [-0.2, -0.15) is 5.26 Å². The molecule has 1 fully saturated rings. The lowest BCUT2D eigenvalue weighted by molar-refractivity contribution is -0.163. The van der Waals surface area contributed by atoms with Crippen LogP contribution in [0.25, 0.3) is 0 Å². The first-order valence-corrected chi connectivity index (χ1v) is 6.17. The fraction of sp³-hybridized carbons (Fsp3) is 0.769. The Morgan fingerprint density at radius 1 is 1.37 bits per heavy atom. The van der Waals surface area contributed by atoms with Crippen LogP contribution in [0.5, 0.6) is 0 Å². The van der Waals surface area contributed by atoms with Crippen molar-refractivity contribution in [2.75, 3.05) is 20.2 Å². The Kier molecular flexibility index (Phi) is 4.40. The summed E-state index contributed by atoms with van der Waals surface area (Å²) in [7, 11) is 1.31. The Hall–Kier alpha value is -1.77. The van der Waals surface area contributed by atoms with Crippen LogP contribution in [-0.2, 0) is 14.3 Å². The van der Waals surface area contributed by atoms with E-state index in [1.54, 1.807) is 20.8 Å².